The van der Waals surface area contributed by atoms with Gasteiger partial charge in [-0.1, -0.05) is 0 Å². The lowest BCUT2D eigenvalue weighted by atomic mass is 10.0. The summed E-state index contributed by atoms with van der Waals surface area (Å²) in [6.07, 6.45) is 1.10. The van der Waals surface area contributed by atoms with E-state index in [-0.39, 0.29) is 24.1 Å². The molecule has 10 heavy (non-hydrogen) atoms. The first-order valence-corrected chi connectivity index (χ1v) is 3.39. The van der Waals surface area contributed by atoms with Crippen LogP contribution in [0.2, 0.25) is 0 Å². The highest BCUT2D eigenvalue weighted by Gasteiger charge is 2.66. The molecule has 0 aromatic carbocycles. The maximum absolute atomic E-state index is 11.0. The highest BCUT2D eigenvalue weighted by Crippen LogP contribution is 2.59. The fraction of sp³-hybridized carbons (Fsp3) is 0.714. The van der Waals surface area contributed by atoms with E-state index in [2.05, 4.69) is 0 Å². The second kappa shape index (κ2) is 1.48. The topological polar surface area (TPSA) is 54.4 Å². The molecule has 2 saturated carbocycles. The third-order valence-corrected chi connectivity index (χ3v) is 2.65. The van der Waals surface area contributed by atoms with Crippen molar-refractivity contribution in [3.63, 3.8) is 0 Å². The molecule has 1 N–H and O–H groups in total. The summed E-state index contributed by atoms with van der Waals surface area (Å²) in [4.78, 5) is 21.7. The van der Waals surface area contributed by atoms with Gasteiger partial charge in [-0.15, -0.1) is 0 Å². The van der Waals surface area contributed by atoms with Crippen LogP contribution >= 0.6 is 0 Å². The summed E-state index contributed by atoms with van der Waals surface area (Å²) in [5, 5.41) is 8.78. The Kier molecular flexibility index (Phi) is 0.892. The van der Waals surface area contributed by atoms with Gasteiger partial charge in [-0.2, -0.15) is 0 Å². The highest BCUT2D eigenvalue weighted by atomic mass is 16.3. The molecule has 2 atom stereocenters. The number of rotatable bonds is 1. The van der Waals surface area contributed by atoms with E-state index in [1.807, 2.05) is 0 Å². The first-order valence-electron chi connectivity index (χ1n) is 3.39. The second-order valence-corrected chi connectivity index (χ2v) is 3.17. The Morgan fingerprint density at radius 3 is 2.60 bits per heavy atom. The molecule has 2 fully saturated rings. The Morgan fingerprint density at radius 2 is 2.30 bits per heavy atom. The second-order valence-electron chi connectivity index (χ2n) is 3.17. The predicted octanol–water partition coefficient (Wildman–Crippen LogP) is -0.473. The smallest absolute Gasteiger partial charge is 0.207 e. The van der Waals surface area contributed by atoms with Crippen molar-refractivity contribution < 1.29 is 14.7 Å². The van der Waals surface area contributed by atoms with Gasteiger partial charge >= 0.3 is 0 Å². The van der Waals surface area contributed by atoms with Gasteiger partial charge in [0.15, 0.2) is 5.78 Å². The van der Waals surface area contributed by atoms with Gasteiger partial charge in [0.05, 0.1) is 12.0 Å². The van der Waals surface area contributed by atoms with Gasteiger partial charge in [0, 0.05) is 6.42 Å². The summed E-state index contributed by atoms with van der Waals surface area (Å²) in [6, 6.07) is 0. The van der Waals surface area contributed by atoms with E-state index in [1.54, 1.807) is 0 Å². The molecular formula is C7H8O3. The standard InChI is InChI=1S/C7H8O3/c8-3-7-2-4(7)1-5(9)6(7)10/h4,8H,1-3H2. The Morgan fingerprint density at radius 1 is 1.60 bits per heavy atom. The van der Waals surface area contributed by atoms with Crippen LogP contribution in [0.3, 0.4) is 0 Å². The molecule has 2 unspecified atom stereocenters. The molecule has 0 aliphatic heterocycles. The fourth-order valence-corrected chi connectivity index (χ4v) is 1.79. The van der Waals surface area contributed by atoms with Crippen LogP contribution in [0, 0.1) is 11.3 Å². The van der Waals surface area contributed by atoms with E-state index in [0.29, 0.717) is 6.42 Å². The molecule has 0 aromatic heterocycles. The molecule has 2 aliphatic carbocycles. The number of aliphatic hydroxyl groups is 1. The molecule has 2 rings (SSSR count). The molecule has 0 amide bonds. The number of Topliss-reactive ketones (excluding diaryl/α,β-unsaturated/α-hetero) is 2. The van der Waals surface area contributed by atoms with Crippen molar-refractivity contribution in [3.8, 4) is 0 Å². The minimum absolute atomic E-state index is 0.137. The third-order valence-electron chi connectivity index (χ3n) is 2.65. The first-order chi connectivity index (χ1) is 4.70. The van der Waals surface area contributed by atoms with E-state index in [0.717, 1.165) is 6.42 Å². The fourth-order valence-electron chi connectivity index (χ4n) is 1.79. The van der Waals surface area contributed by atoms with Crippen molar-refractivity contribution in [2.45, 2.75) is 12.8 Å². The van der Waals surface area contributed by atoms with Crippen molar-refractivity contribution in [3.05, 3.63) is 0 Å². The summed E-state index contributed by atoms with van der Waals surface area (Å²) in [5.41, 5.74) is -0.600. The van der Waals surface area contributed by atoms with Crippen molar-refractivity contribution >= 4 is 11.6 Å². The lowest BCUT2D eigenvalue weighted by Crippen LogP contribution is -2.22. The summed E-state index contributed by atoms with van der Waals surface area (Å²) < 4.78 is 0. The molecule has 3 nitrogen and oxygen atoms in total. The lowest BCUT2D eigenvalue weighted by molar-refractivity contribution is -0.138. The van der Waals surface area contributed by atoms with Crippen LogP contribution in [-0.4, -0.2) is 23.3 Å². The largest absolute Gasteiger partial charge is 0.395 e. The molecule has 0 heterocycles. The molecular weight excluding hydrogens is 132 g/mol. The number of hydrogen-bond acceptors (Lipinski definition) is 3. The van der Waals surface area contributed by atoms with Crippen LogP contribution in [-0.2, 0) is 9.59 Å². The normalized spacial score (nSPS) is 43.9. The Bertz CT molecular complexity index is 217. The van der Waals surface area contributed by atoms with Crippen LogP contribution in [0.15, 0.2) is 0 Å². The zero-order valence-corrected chi connectivity index (χ0v) is 5.46. The quantitative estimate of drug-likeness (QED) is 0.501. The molecule has 0 radical (unpaired) electrons. The number of carbonyl (C=O) groups is 2. The molecule has 0 bridgehead atoms. The van der Waals surface area contributed by atoms with Crippen LogP contribution in [0.1, 0.15) is 12.8 Å². The number of fused-ring (bicyclic) bond motifs is 1. The number of aliphatic hydroxyl groups excluding tert-OH is 1. The van der Waals surface area contributed by atoms with E-state index in [4.69, 9.17) is 5.11 Å². The third kappa shape index (κ3) is 0.453. The summed E-state index contributed by atoms with van der Waals surface area (Å²) >= 11 is 0. The lowest BCUT2D eigenvalue weighted by Gasteiger charge is -2.01. The van der Waals surface area contributed by atoms with Crippen molar-refractivity contribution in [2.24, 2.45) is 11.3 Å². The maximum atomic E-state index is 11.0. The average Bonchev–Trinajstić information content (AvgIpc) is 2.57. The van der Waals surface area contributed by atoms with E-state index < -0.39 is 5.41 Å². The van der Waals surface area contributed by atoms with Crippen molar-refractivity contribution in [2.75, 3.05) is 6.61 Å². The van der Waals surface area contributed by atoms with E-state index in [1.165, 1.54) is 0 Å². The van der Waals surface area contributed by atoms with Gasteiger partial charge < -0.3 is 5.11 Å². The molecule has 3 heteroatoms. The number of carbonyl (C=O) groups excluding carboxylic acids is 2. The molecule has 2 aliphatic rings. The first kappa shape index (κ1) is 6.04. The molecule has 0 saturated heterocycles. The number of hydrogen-bond donors (Lipinski definition) is 1. The zero-order chi connectivity index (χ0) is 7.35. The molecule has 0 spiro atoms. The minimum Gasteiger partial charge on any atom is -0.395 e. The summed E-state index contributed by atoms with van der Waals surface area (Å²) in [7, 11) is 0. The Balaban J connectivity index is 2.31. The Labute approximate surface area is 58.0 Å². The predicted molar refractivity (Wildman–Crippen MR) is 32.3 cm³/mol. The average molecular weight is 140 g/mol. The van der Waals surface area contributed by atoms with Gasteiger partial charge in [-0.25, -0.2) is 0 Å². The van der Waals surface area contributed by atoms with E-state index in [9.17, 15) is 9.59 Å². The molecule has 0 aromatic rings. The monoisotopic (exact) mass is 140 g/mol. The van der Waals surface area contributed by atoms with Gasteiger partial charge in [-0.05, 0) is 12.3 Å². The van der Waals surface area contributed by atoms with Crippen LogP contribution in [0.4, 0.5) is 0 Å². The van der Waals surface area contributed by atoms with Gasteiger partial charge in [-0.3, -0.25) is 9.59 Å². The highest BCUT2D eigenvalue weighted by molar-refractivity contribution is 6.42. The van der Waals surface area contributed by atoms with Crippen molar-refractivity contribution in [1.82, 2.24) is 0 Å². The van der Waals surface area contributed by atoms with Gasteiger partial charge in [0.2, 0.25) is 5.78 Å². The van der Waals surface area contributed by atoms with Crippen LogP contribution in [0.5, 0.6) is 0 Å². The summed E-state index contributed by atoms with van der Waals surface area (Å²) in [6.45, 7) is -0.137. The zero-order valence-electron chi connectivity index (χ0n) is 5.46. The SMILES string of the molecule is O=C1CC2CC2(CO)C1=O. The van der Waals surface area contributed by atoms with Gasteiger partial charge in [0.1, 0.15) is 0 Å². The number of ketones is 2. The maximum Gasteiger partial charge on any atom is 0.207 e. The molecule has 54 valence electrons. The van der Waals surface area contributed by atoms with E-state index >= 15 is 0 Å². The van der Waals surface area contributed by atoms with Gasteiger partial charge in [0.25, 0.3) is 0 Å². The van der Waals surface area contributed by atoms with Crippen LogP contribution < -0.4 is 0 Å². The summed E-state index contributed by atoms with van der Waals surface area (Å²) in [5.74, 6) is -0.442. The van der Waals surface area contributed by atoms with Crippen LogP contribution in [0.25, 0.3) is 0 Å². The van der Waals surface area contributed by atoms with Crippen molar-refractivity contribution in [1.29, 1.82) is 0 Å². The minimum atomic E-state index is -0.600. The Hall–Kier alpha value is -0.700.